The number of hydrogen-bond acceptors (Lipinski definition) is 2. The van der Waals surface area contributed by atoms with Crippen molar-refractivity contribution in [2.45, 2.75) is 20.0 Å². The predicted molar refractivity (Wildman–Crippen MR) is 39.0 cm³/mol. The molecule has 0 bridgehead atoms. The number of carbonyl (C=O) groups excluding carboxylic acids is 2. The summed E-state index contributed by atoms with van der Waals surface area (Å²) >= 11 is 0. The number of hydrogen-bond donors (Lipinski definition) is 0. The number of carbonyl (C=O) groups is 2. The molecule has 0 N–H and O–H groups in total. The van der Waals surface area contributed by atoms with Crippen LogP contribution < -0.4 is 0 Å². The number of ketones is 1. The zero-order chi connectivity index (χ0) is 10.6. The van der Waals surface area contributed by atoms with E-state index in [0.717, 1.165) is 6.92 Å². The minimum Gasteiger partial charge on any atom is -0.327 e. The van der Waals surface area contributed by atoms with Crippen molar-refractivity contribution in [2.75, 3.05) is 13.1 Å². The molecule has 0 aromatic carbocycles. The third-order valence-electron chi connectivity index (χ3n) is 1.34. The average molecular weight is 197 g/mol. The van der Waals surface area contributed by atoms with E-state index in [1.165, 1.54) is 6.92 Å². The van der Waals surface area contributed by atoms with Crippen LogP contribution >= 0.6 is 0 Å². The molecule has 0 aliphatic carbocycles. The fourth-order valence-corrected chi connectivity index (χ4v) is 0.766. The van der Waals surface area contributed by atoms with Crippen LogP contribution in [0.1, 0.15) is 13.8 Å². The molecule has 0 atom stereocenters. The molecule has 0 aromatic rings. The summed E-state index contributed by atoms with van der Waals surface area (Å²) in [6.45, 7) is 0.827. The predicted octanol–water partition coefficient (Wildman–Crippen LogP) is 0.986. The van der Waals surface area contributed by atoms with Gasteiger partial charge < -0.3 is 4.90 Å². The zero-order valence-corrected chi connectivity index (χ0v) is 7.31. The molecule has 0 spiro atoms. The van der Waals surface area contributed by atoms with Gasteiger partial charge in [0.15, 0.2) is 0 Å². The van der Waals surface area contributed by atoms with Gasteiger partial charge in [-0.05, 0) is 6.92 Å². The summed E-state index contributed by atoms with van der Waals surface area (Å²) < 4.78 is 35.4. The topological polar surface area (TPSA) is 37.4 Å². The van der Waals surface area contributed by atoms with E-state index in [-0.39, 0.29) is 6.54 Å². The SMILES string of the molecule is CCN(CC(F)(F)F)C(=O)C(C)=O. The number of alkyl halides is 3. The van der Waals surface area contributed by atoms with Crippen LogP contribution in [0.2, 0.25) is 0 Å². The van der Waals surface area contributed by atoms with Gasteiger partial charge >= 0.3 is 6.18 Å². The lowest BCUT2D eigenvalue weighted by Gasteiger charge is -2.20. The van der Waals surface area contributed by atoms with Gasteiger partial charge in [0.25, 0.3) is 5.91 Å². The molecular formula is C7H10F3NO2. The quantitative estimate of drug-likeness (QED) is 0.632. The summed E-state index contributed by atoms with van der Waals surface area (Å²) in [5.41, 5.74) is 0. The number of nitrogens with zero attached hydrogens (tertiary/aromatic N) is 1. The zero-order valence-electron chi connectivity index (χ0n) is 7.31. The summed E-state index contributed by atoms with van der Waals surface area (Å²) in [6.07, 6.45) is -4.46. The van der Waals surface area contributed by atoms with E-state index < -0.39 is 24.4 Å². The summed E-state index contributed by atoms with van der Waals surface area (Å²) in [6, 6.07) is 0. The first-order valence-electron chi connectivity index (χ1n) is 3.64. The molecule has 0 saturated carbocycles. The van der Waals surface area contributed by atoms with Crippen LogP contribution in [0.3, 0.4) is 0 Å². The molecule has 76 valence electrons. The van der Waals surface area contributed by atoms with Crippen molar-refractivity contribution in [2.24, 2.45) is 0 Å². The van der Waals surface area contributed by atoms with Crippen molar-refractivity contribution >= 4 is 11.7 Å². The molecule has 13 heavy (non-hydrogen) atoms. The van der Waals surface area contributed by atoms with Crippen LogP contribution in [0.15, 0.2) is 0 Å². The molecule has 0 fully saturated rings. The van der Waals surface area contributed by atoms with E-state index in [0.29, 0.717) is 4.90 Å². The van der Waals surface area contributed by atoms with Crippen molar-refractivity contribution in [1.29, 1.82) is 0 Å². The van der Waals surface area contributed by atoms with Crippen LogP contribution in [0, 0.1) is 0 Å². The Morgan fingerprint density at radius 1 is 1.31 bits per heavy atom. The minimum atomic E-state index is -4.46. The van der Waals surface area contributed by atoms with Gasteiger partial charge in [0, 0.05) is 13.5 Å². The van der Waals surface area contributed by atoms with Gasteiger partial charge in [-0.3, -0.25) is 9.59 Å². The van der Waals surface area contributed by atoms with Gasteiger partial charge in [-0.2, -0.15) is 13.2 Å². The van der Waals surface area contributed by atoms with E-state index >= 15 is 0 Å². The second-order valence-electron chi connectivity index (χ2n) is 2.49. The Kier molecular flexibility index (Phi) is 3.90. The normalized spacial score (nSPS) is 11.2. The van der Waals surface area contributed by atoms with Crippen molar-refractivity contribution in [1.82, 2.24) is 4.90 Å². The van der Waals surface area contributed by atoms with Crippen LogP contribution in [-0.4, -0.2) is 35.9 Å². The minimum absolute atomic E-state index is 0.127. The summed E-state index contributed by atoms with van der Waals surface area (Å²) in [7, 11) is 0. The molecule has 0 unspecified atom stereocenters. The molecule has 0 aliphatic rings. The number of Topliss-reactive ketones (excluding diaryl/α,β-unsaturated/α-hetero) is 1. The monoisotopic (exact) mass is 197 g/mol. The van der Waals surface area contributed by atoms with Crippen LogP contribution in [0.4, 0.5) is 13.2 Å². The van der Waals surface area contributed by atoms with Crippen LogP contribution in [0.25, 0.3) is 0 Å². The van der Waals surface area contributed by atoms with Gasteiger partial charge in [-0.25, -0.2) is 0 Å². The molecule has 0 saturated heterocycles. The fourth-order valence-electron chi connectivity index (χ4n) is 0.766. The van der Waals surface area contributed by atoms with Gasteiger partial charge in [-0.15, -0.1) is 0 Å². The lowest BCUT2D eigenvalue weighted by atomic mass is 10.3. The summed E-state index contributed by atoms with van der Waals surface area (Å²) in [4.78, 5) is 21.8. The Balaban J connectivity index is 4.36. The Morgan fingerprint density at radius 2 is 1.77 bits per heavy atom. The van der Waals surface area contributed by atoms with E-state index in [4.69, 9.17) is 0 Å². The second kappa shape index (κ2) is 4.25. The molecule has 0 rings (SSSR count). The number of likely N-dealkylation sites (N-methyl/N-ethyl adjacent to an activating group) is 1. The second-order valence-corrected chi connectivity index (χ2v) is 2.49. The highest BCUT2D eigenvalue weighted by Crippen LogP contribution is 2.16. The van der Waals surface area contributed by atoms with Crippen LogP contribution in [0.5, 0.6) is 0 Å². The van der Waals surface area contributed by atoms with E-state index in [1.54, 1.807) is 0 Å². The maximum absolute atomic E-state index is 11.8. The number of halogens is 3. The summed E-state index contributed by atoms with van der Waals surface area (Å²) in [5.74, 6) is -1.98. The lowest BCUT2D eigenvalue weighted by Crippen LogP contribution is -2.41. The Hall–Kier alpha value is -1.07. The first-order valence-corrected chi connectivity index (χ1v) is 3.64. The Bertz CT molecular complexity index is 212. The highest BCUT2D eigenvalue weighted by atomic mass is 19.4. The van der Waals surface area contributed by atoms with E-state index in [2.05, 4.69) is 0 Å². The van der Waals surface area contributed by atoms with Gasteiger partial charge in [0.1, 0.15) is 6.54 Å². The average Bonchev–Trinajstić information content (AvgIpc) is 1.97. The highest BCUT2D eigenvalue weighted by Gasteiger charge is 2.33. The van der Waals surface area contributed by atoms with Crippen molar-refractivity contribution in [3.63, 3.8) is 0 Å². The Morgan fingerprint density at radius 3 is 2.00 bits per heavy atom. The maximum atomic E-state index is 11.8. The third kappa shape index (κ3) is 4.49. The van der Waals surface area contributed by atoms with Crippen molar-refractivity contribution in [3.8, 4) is 0 Å². The lowest BCUT2D eigenvalue weighted by molar-refractivity contribution is -0.163. The molecular weight excluding hydrogens is 187 g/mol. The number of amides is 1. The van der Waals surface area contributed by atoms with Gasteiger partial charge in [-0.1, -0.05) is 0 Å². The molecule has 0 aliphatic heterocycles. The summed E-state index contributed by atoms with van der Waals surface area (Å²) in [5, 5.41) is 0. The smallest absolute Gasteiger partial charge is 0.327 e. The first-order chi connectivity index (χ1) is 5.78. The molecule has 6 heteroatoms. The van der Waals surface area contributed by atoms with Crippen molar-refractivity contribution < 1.29 is 22.8 Å². The fraction of sp³-hybridized carbons (Fsp3) is 0.714. The molecule has 0 heterocycles. The standard InChI is InChI=1S/C7H10F3NO2/c1-3-11(4-7(8,9)10)6(13)5(2)12/h3-4H2,1-2H3. The molecule has 3 nitrogen and oxygen atoms in total. The van der Waals surface area contributed by atoms with Gasteiger partial charge in [0.2, 0.25) is 5.78 Å². The van der Waals surface area contributed by atoms with Crippen LogP contribution in [-0.2, 0) is 9.59 Å². The maximum Gasteiger partial charge on any atom is 0.406 e. The number of rotatable bonds is 3. The third-order valence-corrected chi connectivity index (χ3v) is 1.34. The highest BCUT2D eigenvalue weighted by molar-refractivity contribution is 6.35. The largest absolute Gasteiger partial charge is 0.406 e. The van der Waals surface area contributed by atoms with E-state index in [9.17, 15) is 22.8 Å². The first kappa shape index (κ1) is 11.9. The van der Waals surface area contributed by atoms with Gasteiger partial charge in [0.05, 0.1) is 0 Å². The van der Waals surface area contributed by atoms with Crippen molar-refractivity contribution in [3.05, 3.63) is 0 Å². The molecule has 0 aromatic heterocycles. The molecule has 0 radical (unpaired) electrons. The Labute approximate surface area is 73.5 Å². The van der Waals surface area contributed by atoms with E-state index in [1.807, 2.05) is 0 Å². The molecule has 1 amide bonds.